The van der Waals surface area contributed by atoms with Crippen molar-refractivity contribution >= 4 is 15.7 Å². The summed E-state index contributed by atoms with van der Waals surface area (Å²) in [6.07, 6.45) is 3.63. The Labute approximate surface area is 186 Å². The Hall–Kier alpha value is -2.75. The van der Waals surface area contributed by atoms with Gasteiger partial charge in [0.1, 0.15) is 5.82 Å². The van der Waals surface area contributed by atoms with Crippen molar-refractivity contribution in [2.45, 2.75) is 23.5 Å². The van der Waals surface area contributed by atoms with Gasteiger partial charge in [0.2, 0.25) is 0 Å². The number of aliphatic hydroxyl groups excluding tert-OH is 1. The standard InChI is InChI=1S/C23H25FN4O3S/c1-26-12-22(25-14-26)32(30,31)28-10-9-18-21(13-29)27(2)20-8-5-16(11-19(20)23(18)28)15-3-6-17(24)7-4-15/h3-8,11-12,14,18,21,23,29H,9-10,13H2,1-2H3/t18-,21+,23-/m1/s1. The summed E-state index contributed by atoms with van der Waals surface area (Å²) in [6.45, 7) is 0.299. The first-order valence-electron chi connectivity index (χ1n) is 10.5. The Morgan fingerprint density at radius 3 is 2.50 bits per heavy atom. The second-order valence-corrected chi connectivity index (χ2v) is 10.4. The Morgan fingerprint density at radius 1 is 1.12 bits per heavy atom. The van der Waals surface area contributed by atoms with Crippen molar-refractivity contribution in [3.63, 3.8) is 0 Å². The van der Waals surface area contributed by atoms with Gasteiger partial charge in [-0.1, -0.05) is 18.2 Å². The molecule has 0 amide bonds. The minimum Gasteiger partial charge on any atom is -0.394 e. The molecule has 0 unspecified atom stereocenters. The van der Waals surface area contributed by atoms with Gasteiger partial charge in [-0.15, -0.1) is 0 Å². The SMILES string of the molecule is CN1c2ccc(-c3ccc(F)cc3)cc2[C@H]2[C@H](CCN2S(=O)(=O)c2cn(C)cn2)[C@@H]1CO. The number of benzene rings is 2. The van der Waals surface area contributed by atoms with E-state index in [0.717, 1.165) is 22.4 Å². The molecule has 0 bridgehead atoms. The first kappa shape index (κ1) is 21.1. The molecule has 2 aromatic carbocycles. The van der Waals surface area contributed by atoms with Gasteiger partial charge in [-0.3, -0.25) is 0 Å². The molecular formula is C23H25FN4O3S. The third kappa shape index (κ3) is 3.23. The van der Waals surface area contributed by atoms with Crippen molar-refractivity contribution in [1.29, 1.82) is 0 Å². The van der Waals surface area contributed by atoms with Crippen LogP contribution in [0.1, 0.15) is 18.0 Å². The number of hydrogen-bond acceptors (Lipinski definition) is 5. The van der Waals surface area contributed by atoms with Gasteiger partial charge >= 0.3 is 0 Å². The summed E-state index contributed by atoms with van der Waals surface area (Å²) in [5, 5.41) is 10.2. The first-order chi connectivity index (χ1) is 15.3. The molecule has 3 atom stereocenters. The molecule has 3 heterocycles. The number of fused-ring (bicyclic) bond motifs is 3. The van der Waals surface area contributed by atoms with Crippen LogP contribution in [-0.2, 0) is 17.1 Å². The summed E-state index contributed by atoms with van der Waals surface area (Å²) in [7, 11) is -0.141. The van der Waals surface area contributed by atoms with Gasteiger partial charge in [0.05, 0.1) is 25.0 Å². The van der Waals surface area contributed by atoms with Crippen LogP contribution >= 0.6 is 0 Å². The molecule has 0 saturated carbocycles. The van der Waals surface area contributed by atoms with Crippen LogP contribution in [0.3, 0.4) is 0 Å². The molecule has 1 aromatic heterocycles. The molecule has 0 spiro atoms. The molecule has 1 saturated heterocycles. The predicted molar refractivity (Wildman–Crippen MR) is 119 cm³/mol. The number of nitrogens with zero attached hydrogens (tertiary/aromatic N) is 4. The normalized spacial score (nSPS) is 23.2. The van der Waals surface area contributed by atoms with Crippen molar-refractivity contribution in [2.75, 3.05) is 25.1 Å². The third-order valence-corrected chi connectivity index (χ3v) is 8.50. The van der Waals surface area contributed by atoms with Crippen LogP contribution in [0.25, 0.3) is 11.1 Å². The smallest absolute Gasteiger partial charge is 0.262 e. The highest BCUT2D eigenvalue weighted by Gasteiger charge is 2.50. The fourth-order valence-electron chi connectivity index (χ4n) is 5.15. The molecule has 7 nitrogen and oxygen atoms in total. The highest BCUT2D eigenvalue weighted by Crippen LogP contribution is 2.50. The van der Waals surface area contributed by atoms with Crippen molar-refractivity contribution in [1.82, 2.24) is 13.9 Å². The van der Waals surface area contributed by atoms with Gasteiger partial charge in [-0.25, -0.2) is 17.8 Å². The molecule has 1 fully saturated rings. The molecule has 0 aliphatic carbocycles. The van der Waals surface area contributed by atoms with Gasteiger partial charge in [0.15, 0.2) is 5.03 Å². The zero-order valence-electron chi connectivity index (χ0n) is 17.9. The fourth-order valence-corrected chi connectivity index (χ4v) is 6.78. The zero-order valence-corrected chi connectivity index (χ0v) is 18.7. The fraction of sp³-hybridized carbons (Fsp3) is 0.348. The van der Waals surface area contributed by atoms with Crippen LogP contribution in [0.4, 0.5) is 10.1 Å². The molecule has 0 radical (unpaired) electrons. The Morgan fingerprint density at radius 2 is 1.84 bits per heavy atom. The number of aromatic nitrogens is 2. The number of aryl methyl sites for hydroxylation is 1. The van der Waals surface area contributed by atoms with E-state index < -0.39 is 16.1 Å². The summed E-state index contributed by atoms with van der Waals surface area (Å²) in [4.78, 5) is 6.13. The monoisotopic (exact) mass is 456 g/mol. The van der Waals surface area contributed by atoms with Crippen molar-refractivity contribution in [2.24, 2.45) is 13.0 Å². The number of hydrogen-bond donors (Lipinski definition) is 1. The highest BCUT2D eigenvalue weighted by molar-refractivity contribution is 7.89. The van der Waals surface area contributed by atoms with Crippen LogP contribution in [0.15, 0.2) is 60.0 Å². The number of rotatable bonds is 4. The van der Waals surface area contributed by atoms with Crippen LogP contribution in [0, 0.1) is 11.7 Å². The minimum absolute atomic E-state index is 0.0244. The summed E-state index contributed by atoms with van der Waals surface area (Å²) in [5.74, 6) is -0.361. The third-order valence-electron chi connectivity index (χ3n) is 6.74. The van der Waals surface area contributed by atoms with Crippen LogP contribution < -0.4 is 4.90 Å². The van der Waals surface area contributed by atoms with Crippen LogP contribution in [-0.4, -0.2) is 53.6 Å². The number of aliphatic hydroxyl groups is 1. The van der Waals surface area contributed by atoms with Crippen molar-refractivity contribution < 1.29 is 17.9 Å². The van der Waals surface area contributed by atoms with Gasteiger partial charge in [0.25, 0.3) is 10.0 Å². The van der Waals surface area contributed by atoms with Gasteiger partial charge in [-0.05, 0) is 47.4 Å². The van der Waals surface area contributed by atoms with Gasteiger partial charge in [0, 0.05) is 38.4 Å². The predicted octanol–water partition coefficient (Wildman–Crippen LogP) is 2.79. The largest absolute Gasteiger partial charge is 0.394 e. The molecule has 168 valence electrons. The second-order valence-electron chi connectivity index (χ2n) is 8.53. The van der Waals surface area contributed by atoms with E-state index in [2.05, 4.69) is 4.98 Å². The topological polar surface area (TPSA) is 78.7 Å². The Kier molecular flexibility index (Phi) is 5.07. The van der Waals surface area contributed by atoms with Gasteiger partial charge < -0.3 is 14.6 Å². The second kappa shape index (κ2) is 7.68. The van der Waals surface area contributed by atoms with E-state index in [9.17, 15) is 17.9 Å². The quantitative estimate of drug-likeness (QED) is 0.653. The lowest BCUT2D eigenvalue weighted by atomic mass is 9.81. The lowest BCUT2D eigenvalue weighted by molar-refractivity contribution is 0.193. The van der Waals surface area contributed by atoms with Crippen molar-refractivity contribution in [3.05, 3.63) is 66.4 Å². The molecular weight excluding hydrogens is 431 g/mol. The maximum Gasteiger partial charge on any atom is 0.262 e. The van der Waals surface area contributed by atoms with Crippen LogP contribution in [0.5, 0.6) is 0 Å². The van der Waals surface area contributed by atoms with E-state index in [-0.39, 0.29) is 29.4 Å². The molecule has 2 aliphatic heterocycles. The Balaban J connectivity index is 1.64. The van der Waals surface area contributed by atoms with E-state index in [1.54, 1.807) is 23.7 Å². The molecule has 5 rings (SSSR count). The van der Waals surface area contributed by atoms with Gasteiger partial charge in [-0.2, -0.15) is 4.31 Å². The summed E-state index contributed by atoms with van der Waals surface area (Å²) in [6, 6.07) is 11.6. The number of sulfonamides is 1. The Bertz CT molecular complexity index is 1260. The molecule has 9 heteroatoms. The highest BCUT2D eigenvalue weighted by atomic mass is 32.2. The number of likely N-dealkylation sites (N-methyl/N-ethyl adjacent to an activating group) is 1. The zero-order chi connectivity index (χ0) is 22.6. The molecule has 1 N–H and O–H groups in total. The van der Waals surface area contributed by atoms with E-state index in [1.165, 1.54) is 29.0 Å². The number of halogens is 1. The lowest BCUT2D eigenvalue weighted by Crippen LogP contribution is -2.48. The maximum absolute atomic E-state index is 13.5. The number of anilines is 1. The minimum atomic E-state index is -3.81. The molecule has 32 heavy (non-hydrogen) atoms. The maximum atomic E-state index is 13.5. The van der Waals surface area contributed by atoms with E-state index >= 15 is 0 Å². The average Bonchev–Trinajstić information content (AvgIpc) is 3.42. The molecule has 2 aliphatic rings. The lowest BCUT2D eigenvalue weighted by Gasteiger charge is -2.44. The van der Waals surface area contributed by atoms with Crippen molar-refractivity contribution in [3.8, 4) is 11.1 Å². The summed E-state index contributed by atoms with van der Waals surface area (Å²) < 4.78 is 43.6. The van der Waals surface area contributed by atoms with Crippen LogP contribution in [0.2, 0.25) is 0 Å². The average molecular weight is 457 g/mol. The first-order valence-corrected chi connectivity index (χ1v) is 12.0. The number of imidazole rings is 1. The van der Waals surface area contributed by atoms with E-state index in [4.69, 9.17) is 0 Å². The van der Waals surface area contributed by atoms with E-state index in [1.807, 2.05) is 30.1 Å². The summed E-state index contributed by atoms with van der Waals surface area (Å²) >= 11 is 0. The molecule has 3 aromatic rings. The summed E-state index contributed by atoms with van der Waals surface area (Å²) in [5.41, 5.74) is 3.52. The van der Waals surface area contributed by atoms with E-state index in [0.29, 0.717) is 13.0 Å².